The Morgan fingerprint density at radius 2 is 1.83 bits per heavy atom. The maximum atomic E-state index is 13.2. The summed E-state index contributed by atoms with van der Waals surface area (Å²) in [5.74, 6) is 0.764. The van der Waals surface area contributed by atoms with Crippen LogP contribution >= 0.6 is 0 Å². The molecule has 4 rings (SSSR count). The zero-order valence-electron chi connectivity index (χ0n) is 17.6. The van der Waals surface area contributed by atoms with E-state index in [0.29, 0.717) is 40.9 Å². The number of aryl methyl sites for hydroxylation is 1. The van der Waals surface area contributed by atoms with Crippen molar-refractivity contribution < 1.29 is 17.9 Å². The smallest absolute Gasteiger partial charge is 0.262 e. The number of anilines is 1. The Morgan fingerprint density at radius 3 is 2.47 bits per heavy atom. The number of ketones is 1. The van der Waals surface area contributed by atoms with Crippen molar-refractivity contribution in [2.75, 3.05) is 11.8 Å². The molecule has 30 heavy (non-hydrogen) atoms. The number of ether oxygens (including phenoxy) is 1. The molecule has 0 radical (unpaired) electrons. The number of methoxy groups -OCH3 is 1. The Bertz CT molecular complexity index is 1240. The first kappa shape index (κ1) is 20.5. The zero-order valence-corrected chi connectivity index (χ0v) is 18.4. The molecule has 0 fully saturated rings. The second-order valence-electron chi connectivity index (χ2n) is 8.61. The first-order valence-corrected chi connectivity index (χ1v) is 11.5. The molecular weight excluding hydrogens is 400 g/mol. The summed E-state index contributed by atoms with van der Waals surface area (Å²) < 4.78 is 34.1. The number of aromatic nitrogens is 1. The van der Waals surface area contributed by atoms with Gasteiger partial charge in [-0.05, 0) is 60.2 Å². The van der Waals surface area contributed by atoms with Crippen molar-refractivity contribution in [2.45, 2.75) is 44.9 Å². The van der Waals surface area contributed by atoms with Gasteiger partial charge in [0.15, 0.2) is 5.78 Å². The minimum atomic E-state index is -3.80. The normalized spacial score (nSPS) is 15.8. The average Bonchev–Trinajstić information content (AvgIpc) is 3.03. The van der Waals surface area contributed by atoms with Crippen LogP contribution in [0.3, 0.4) is 0 Å². The van der Waals surface area contributed by atoms with E-state index < -0.39 is 10.0 Å². The van der Waals surface area contributed by atoms with Gasteiger partial charge in [-0.15, -0.1) is 0 Å². The van der Waals surface area contributed by atoms with Crippen molar-refractivity contribution in [1.29, 1.82) is 0 Å². The highest BCUT2D eigenvalue weighted by Crippen LogP contribution is 2.39. The van der Waals surface area contributed by atoms with E-state index in [0.717, 1.165) is 17.5 Å². The number of Topliss-reactive ketones (excluding diaryl/α,β-unsaturated/α-hetero) is 1. The van der Waals surface area contributed by atoms with Crippen LogP contribution in [0.25, 0.3) is 10.9 Å². The van der Waals surface area contributed by atoms with Crippen molar-refractivity contribution in [1.82, 2.24) is 4.98 Å². The Balaban J connectivity index is 1.79. The van der Waals surface area contributed by atoms with E-state index in [4.69, 9.17) is 4.74 Å². The third-order valence-electron chi connectivity index (χ3n) is 5.64. The molecule has 1 aromatic heterocycles. The number of hydrogen-bond donors (Lipinski definition) is 2. The summed E-state index contributed by atoms with van der Waals surface area (Å²) in [6.07, 6.45) is 1.79. The van der Waals surface area contributed by atoms with Gasteiger partial charge >= 0.3 is 0 Å². The molecule has 0 spiro atoms. The number of H-pyrrole nitrogens is 1. The van der Waals surface area contributed by atoms with Crippen molar-refractivity contribution >= 4 is 32.4 Å². The molecule has 1 heterocycles. The van der Waals surface area contributed by atoms with Crippen LogP contribution in [-0.4, -0.2) is 26.3 Å². The number of fused-ring (bicyclic) bond motifs is 3. The van der Waals surface area contributed by atoms with E-state index in [2.05, 4.69) is 23.6 Å². The lowest BCUT2D eigenvalue weighted by atomic mass is 9.76. The first-order chi connectivity index (χ1) is 14.1. The second-order valence-corrected chi connectivity index (χ2v) is 10.3. The van der Waals surface area contributed by atoms with E-state index in [9.17, 15) is 13.2 Å². The maximum Gasteiger partial charge on any atom is 0.262 e. The summed E-state index contributed by atoms with van der Waals surface area (Å²) in [7, 11) is -2.24. The number of hydrogen-bond acceptors (Lipinski definition) is 4. The fourth-order valence-electron chi connectivity index (χ4n) is 4.23. The van der Waals surface area contributed by atoms with Crippen LogP contribution in [0, 0.1) is 5.41 Å². The summed E-state index contributed by atoms with van der Waals surface area (Å²) in [6, 6.07) is 10.2. The largest absolute Gasteiger partial charge is 0.497 e. The molecule has 0 atom stereocenters. The molecule has 158 valence electrons. The van der Waals surface area contributed by atoms with Crippen LogP contribution in [0.4, 0.5) is 5.69 Å². The molecule has 0 amide bonds. The van der Waals surface area contributed by atoms with Gasteiger partial charge in [-0.1, -0.05) is 20.8 Å². The van der Waals surface area contributed by atoms with Gasteiger partial charge in [0.05, 0.1) is 12.0 Å². The van der Waals surface area contributed by atoms with Gasteiger partial charge in [-0.25, -0.2) is 8.42 Å². The molecule has 1 aliphatic rings. The minimum absolute atomic E-state index is 0.108. The molecule has 1 aliphatic carbocycles. The van der Waals surface area contributed by atoms with E-state index in [-0.39, 0.29) is 16.1 Å². The summed E-state index contributed by atoms with van der Waals surface area (Å²) in [5.41, 5.74) is 3.32. The quantitative estimate of drug-likeness (QED) is 0.619. The van der Waals surface area contributed by atoms with Crippen molar-refractivity contribution in [2.24, 2.45) is 5.41 Å². The van der Waals surface area contributed by atoms with Crippen LogP contribution in [0.5, 0.6) is 5.75 Å². The van der Waals surface area contributed by atoms with Gasteiger partial charge in [-0.3, -0.25) is 9.52 Å². The highest BCUT2D eigenvalue weighted by atomic mass is 32.2. The number of carbonyl (C=O) groups is 1. The van der Waals surface area contributed by atoms with Gasteiger partial charge < -0.3 is 9.72 Å². The molecule has 0 saturated heterocycles. The van der Waals surface area contributed by atoms with Gasteiger partial charge in [0.25, 0.3) is 10.0 Å². The highest BCUT2D eigenvalue weighted by Gasteiger charge is 2.34. The maximum absolute atomic E-state index is 13.2. The molecule has 0 aliphatic heterocycles. The molecule has 0 unspecified atom stereocenters. The van der Waals surface area contributed by atoms with Crippen LogP contribution in [-0.2, 0) is 22.9 Å². The first-order valence-electron chi connectivity index (χ1n) is 10.0. The molecule has 2 N–H and O–H groups in total. The number of sulfonamides is 1. The predicted molar refractivity (Wildman–Crippen MR) is 118 cm³/mol. The third kappa shape index (κ3) is 3.58. The van der Waals surface area contributed by atoms with Gasteiger partial charge in [-0.2, -0.15) is 0 Å². The van der Waals surface area contributed by atoms with Gasteiger partial charge in [0, 0.05) is 34.3 Å². The van der Waals surface area contributed by atoms with E-state index in [1.807, 2.05) is 13.0 Å². The standard InChI is InChI=1S/C23H26N2O4S/c1-5-14-10-17-18(24-19-12-23(2,3)13-20(26)22(17)19)11-21(14)30(27,28)25-15-6-8-16(29-4)9-7-15/h6-11,24-25H,5,12-13H2,1-4H3. The van der Waals surface area contributed by atoms with Crippen molar-refractivity contribution in [3.8, 4) is 5.75 Å². The summed E-state index contributed by atoms with van der Waals surface area (Å²) in [6.45, 7) is 6.06. The van der Waals surface area contributed by atoms with Crippen LogP contribution in [0.15, 0.2) is 41.3 Å². The second kappa shape index (κ2) is 7.16. The predicted octanol–water partition coefficient (Wildman–Crippen LogP) is 4.69. The number of aromatic amines is 1. The van der Waals surface area contributed by atoms with E-state index >= 15 is 0 Å². The fraction of sp³-hybridized carbons (Fsp3) is 0.348. The SMILES string of the molecule is CCc1cc2c3c([nH]c2cc1S(=O)(=O)Nc1ccc(OC)cc1)CC(C)(C)CC3=O. The molecular formula is C23H26N2O4S. The van der Waals surface area contributed by atoms with Crippen LogP contribution in [0.1, 0.15) is 48.8 Å². The highest BCUT2D eigenvalue weighted by molar-refractivity contribution is 7.92. The van der Waals surface area contributed by atoms with E-state index in [1.165, 1.54) is 0 Å². The number of nitrogens with one attached hydrogen (secondary N) is 2. The molecule has 0 bridgehead atoms. The summed E-state index contributed by atoms with van der Waals surface area (Å²) in [5, 5.41) is 0.811. The average molecular weight is 427 g/mol. The summed E-state index contributed by atoms with van der Waals surface area (Å²) >= 11 is 0. The van der Waals surface area contributed by atoms with Gasteiger partial charge in [0.1, 0.15) is 5.75 Å². The minimum Gasteiger partial charge on any atom is -0.497 e. The van der Waals surface area contributed by atoms with Crippen LogP contribution < -0.4 is 9.46 Å². The Morgan fingerprint density at radius 1 is 1.13 bits per heavy atom. The number of rotatable bonds is 5. The molecule has 0 saturated carbocycles. The molecule has 2 aromatic carbocycles. The molecule has 6 nitrogen and oxygen atoms in total. The summed E-state index contributed by atoms with van der Waals surface area (Å²) in [4.78, 5) is 16.3. The van der Waals surface area contributed by atoms with Crippen molar-refractivity contribution in [3.63, 3.8) is 0 Å². The topological polar surface area (TPSA) is 88.3 Å². The Hall–Kier alpha value is -2.80. The fourth-order valence-corrected chi connectivity index (χ4v) is 5.61. The van der Waals surface area contributed by atoms with E-state index in [1.54, 1.807) is 37.4 Å². The van der Waals surface area contributed by atoms with Gasteiger partial charge in [0.2, 0.25) is 0 Å². The lowest BCUT2D eigenvalue weighted by molar-refractivity contribution is 0.0913. The van der Waals surface area contributed by atoms with Crippen molar-refractivity contribution in [3.05, 3.63) is 53.2 Å². The lowest BCUT2D eigenvalue weighted by Gasteiger charge is -2.28. The number of benzene rings is 2. The molecule has 7 heteroatoms. The Kier molecular flexibility index (Phi) is 4.89. The monoisotopic (exact) mass is 426 g/mol. The molecule has 3 aromatic rings. The third-order valence-corrected chi connectivity index (χ3v) is 7.11. The zero-order chi connectivity index (χ0) is 21.7. The Labute approximate surface area is 176 Å². The lowest BCUT2D eigenvalue weighted by Crippen LogP contribution is -2.26. The van der Waals surface area contributed by atoms with Crippen LogP contribution in [0.2, 0.25) is 0 Å². The number of carbonyl (C=O) groups excluding carboxylic acids is 1.